The summed E-state index contributed by atoms with van der Waals surface area (Å²) in [5, 5.41) is 4.00. The number of nitrogens with one attached hydrogen (secondary N) is 1. The van der Waals surface area contributed by atoms with Crippen LogP contribution in [0.4, 0.5) is 14.9 Å². The number of rotatable bonds is 4. The molecule has 0 radical (unpaired) electrons. The number of halogens is 1. The lowest BCUT2D eigenvalue weighted by molar-refractivity contribution is -0.122. The summed E-state index contributed by atoms with van der Waals surface area (Å²) in [5.74, 6) is -1.82. The van der Waals surface area contributed by atoms with E-state index in [0.29, 0.717) is 16.8 Å². The minimum atomic E-state index is -0.799. The van der Waals surface area contributed by atoms with Crippen molar-refractivity contribution in [2.24, 2.45) is 0 Å². The van der Waals surface area contributed by atoms with E-state index >= 15 is 0 Å². The summed E-state index contributed by atoms with van der Waals surface area (Å²) in [5.41, 5.74) is 2.95. The number of hydrogen-bond acceptors (Lipinski definition) is 3. The molecule has 1 saturated heterocycles. The van der Waals surface area contributed by atoms with E-state index < -0.39 is 17.8 Å². The molecule has 0 unspecified atom stereocenters. The highest BCUT2D eigenvalue weighted by Gasteiger charge is 2.37. The van der Waals surface area contributed by atoms with Gasteiger partial charge < -0.3 is 0 Å². The molecule has 5 nitrogen and oxygen atoms in total. The monoisotopic (exact) mass is 464 g/mol. The molecule has 0 bridgehead atoms. The Bertz CT molecular complexity index is 1540. The number of carbonyl (C=O) groups excluding carboxylic acids is 3. The molecule has 4 aromatic rings. The van der Waals surface area contributed by atoms with Crippen molar-refractivity contribution in [1.82, 2.24) is 5.32 Å². The zero-order valence-electron chi connectivity index (χ0n) is 18.9. The van der Waals surface area contributed by atoms with Crippen molar-refractivity contribution in [2.75, 3.05) is 4.90 Å². The van der Waals surface area contributed by atoms with Crippen LogP contribution in [0.2, 0.25) is 0 Å². The van der Waals surface area contributed by atoms with Gasteiger partial charge in [0.2, 0.25) is 0 Å². The lowest BCUT2D eigenvalue weighted by atomic mass is 9.92. The molecule has 35 heavy (non-hydrogen) atoms. The van der Waals surface area contributed by atoms with Crippen molar-refractivity contribution in [1.29, 1.82) is 0 Å². The van der Waals surface area contributed by atoms with Gasteiger partial charge in [-0.2, -0.15) is 0 Å². The first-order chi connectivity index (χ1) is 16.9. The predicted octanol–water partition coefficient (Wildman–Crippen LogP) is 5.54. The molecule has 0 aromatic heterocycles. The lowest BCUT2D eigenvalue weighted by Crippen LogP contribution is -2.54. The van der Waals surface area contributed by atoms with Crippen LogP contribution in [0.25, 0.3) is 16.8 Å². The number of nitrogens with zero attached hydrogens (tertiary/aromatic N) is 1. The fourth-order valence-electron chi connectivity index (χ4n) is 4.32. The number of urea groups is 1. The number of hydrogen-bond donors (Lipinski definition) is 1. The van der Waals surface area contributed by atoms with Gasteiger partial charge in [-0.3, -0.25) is 14.9 Å². The Hall–Kier alpha value is -4.58. The Balaban J connectivity index is 1.66. The number of barbiturate groups is 1. The van der Waals surface area contributed by atoms with Crippen molar-refractivity contribution in [2.45, 2.75) is 13.3 Å². The Morgan fingerprint density at radius 3 is 2.43 bits per heavy atom. The maximum absolute atomic E-state index is 14.4. The minimum absolute atomic E-state index is 0.169. The molecular weight excluding hydrogens is 443 g/mol. The first-order valence-corrected chi connectivity index (χ1v) is 11.1. The van der Waals surface area contributed by atoms with E-state index in [0.717, 1.165) is 26.8 Å². The fourth-order valence-corrected chi connectivity index (χ4v) is 4.32. The van der Waals surface area contributed by atoms with Gasteiger partial charge in [-0.15, -0.1) is 0 Å². The first-order valence-electron chi connectivity index (χ1n) is 11.1. The third kappa shape index (κ3) is 4.22. The number of benzene rings is 4. The van der Waals surface area contributed by atoms with E-state index in [2.05, 4.69) is 5.32 Å². The van der Waals surface area contributed by atoms with Crippen molar-refractivity contribution in [3.8, 4) is 0 Å². The third-order valence-electron chi connectivity index (χ3n) is 6.05. The number of anilines is 1. The molecule has 0 spiro atoms. The van der Waals surface area contributed by atoms with E-state index in [1.54, 1.807) is 36.4 Å². The maximum atomic E-state index is 14.4. The Morgan fingerprint density at radius 2 is 1.63 bits per heavy atom. The van der Waals surface area contributed by atoms with Gasteiger partial charge in [0, 0.05) is 6.42 Å². The average molecular weight is 464 g/mol. The highest BCUT2D eigenvalue weighted by molar-refractivity contribution is 6.39. The average Bonchev–Trinajstić information content (AvgIpc) is 2.84. The standard InChI is InChI=1S/C29H21FN2O3/c1-18-7-6-10-22(15-18)32-28(34)25(27(33)31-29(32)35)17-24-20(16-21-9-3-5-12-26(21)30)14-13-19-8-2-4-11-23(19)24/h2-15,17H,16H2,1H3,(H,31,33,35)/b25-17+. The van der Waals surface area contributed by atoms with Crippen LogP contribution in [0.3, 0.4) is 0 Å². The van der Waals surface area contributed by atoms with Crippen molar-refractivity contribution < 1.29 is 18.8 Å². The quantitative estimate of drug-likeness (QED) is 0.318. The SMILES string of the molecule is Cc1cccc(N2C(=O)NC(=O)/C(=C\c3c(Cc4ccccc4F)ccc4ccccc34)C2=O)c1. The van der Waals surface area contributed by atoms with Gasteiger partial charge in [-0.25, -0.2) is 14.1 Å². The summed E-state index contributed by atoms with van der Waals surface area (Å²) >= 11 is 0. The lowest BCUT2D eigenvalue weighted by Gasteiger charge is -2.27. The Labute approximate surface area is 201 Å². The van der Waals surface area contributed by atoms with Gasteiger partial charge >= 0.3 is 6.03 Å². The van der Waals surface area contributed by atoms with Gasteiger partial charge in [-0.1, -0.05) is 66.7 Å². The van der Waals surface area contributed by atoms with E-state index in [1.807, 2.05) is 49.4 Å². The van der Waals surface area contributed by atoms with Crippen LogP contribution in [-0.2, 0) is 16.0 Å². The molecule has 4 aromatic carbocycles. The highest BCUT2D eigenvalue weighted by atomic mass is 19.1. The highest BCUT2D eigenvalue weighted by Crippen LogP contribution is 2.29. The van der Waals surface area contributed by atoms with Gasteiger partial charge in [0.1, 0.15) is 11.4 Å². The normalized spacial score (nSPS) is 15.1. The van der Waals surface area contributed by atoms with E-state index in [-0.39, 0.29) is 17.8 Å². The second kappa shape index (κ2) is 8.99. The number of aryl methyl sites for hydroxylation is 1. The summed E-state index contributed by atoms with van der Waals surface area (Å²) in [6.45, 7) is 1.85. The number of fused-ring (bicyclic) bond motifs is 1. The summed E-state index contributed by atoms with van der Waals surface area (Å²) in [4.78, 5) is 39.8. The number of amides is 4. The van der Waals surface area contributed by atoms with Crippen LogP contribution in [0, 0.1) is 12.7 Å². The summed E-state index contributed by atoms with van der Waals surface area (Å²) in [6.07, 6.45) is 1.78. The molecular formula is C29H21FN2O3. The van der Waals surface area contributed by atoms with Crippen LogP contribution >= 0.6 is 0 Å². The molecule has 1 fully saturated rings. The summed E-state index contributed by atoms with van der Waals surface area (Å²) < 4.78 is 14.4. The van der Waals surface area contributed by atoms with E-state index in [1.165, 1.54) is 12.1 Å². The van der Waals surface area contributed by atoms with Crippen molar-refractivity contribution >= 4 is 40.4 Å². The molecule has 0 saturated carbocycles. The smallest absolute Gasteiger partial charge is 0.273 e. The van der Waals surface area contributed by atoms with Gasteiger partial charge in [-0.05, 0) is 64.2 Å². The van der Waals surface area contributed by atoms with Gasteiger partial charge in [0.05, 0.1) is 5.69 Å². The molecule has 1 aliphatic rings. The molecule has 0 aliphatic carbocycles. The molecule has 0 atom stereocenters. The molecule has 1 N–H and O–H groups in total. The zero-order valence-corrected chi connectivity index (χ0v) is 18.9. The second-order valence-corrected chi connectivity index (χ2v) is 8.42. The zero-order chi connectivity index (χ0) is 24.5. The van der Waals surface area contributed by atoms with Crippen LogP contribution < -0.4 is 10.2 Å². The van der Waals surface area contributed by atoms with Gasteiger partial charge in [0.25, 0.3) is 11.8 Å². The number of carbonyl (C=O) groups is 3. The van der Waals surface area contributed by atoms with Crippen LogP contribution in [0.15, 0.2) is 90.5 Å². The van der Waals surface area contributed by atoms with Crippen LogP contribution in [-0.4, -0.2) is 17.8 Å². The van der Waals surface area contributed by atoms with E-state index in [9.17, 15) is 18.8 Å². The van der Waals surface area contributed by atoms with E-state index in [4.69, 9.17) is 0 Å². The molecule has 1 aliphatic heterocycles. The molecule has 6 heteroatoms. The molecule has 172 valence electrons. The Kier molecular flexibility index (Phi) is 5.71. The van der Waals surface area contributed by atoms with Crippen molar-refractivity contribution in [3.63, 3.8) is 0 Å². The summed E-state index contributed by atoms with van der Waals surface area (Å²) in [7, 11) is 0. The topological polar surface area (TPSA) is 66.5 Å². The summed E-state index contributed by atoms with van der Waals surface area (Å²) in [6, 6.07) is 24.0. The minimum Gasteiger partial charge on any atom is -0.273 e. The van der Waals surface area contributed by atoms with Gasteiger partial charge in [0.15, 0.2) is 0 Å². The van der Waals surface area contributed by atoms with Crippen LogP contribution in [0.5, 0.6) is 0 Å². The fraction of sp³-hybridized carbons (Fsp3) is 0.0690. The third-order valence-corrected chi connectivity index (χ3v) is 6.05. The number of imide groups is 2. The second-order valence-electron chi connectivity index (χ2n) is 8.42. The Morgan fingerprint density at radius 1 is 0.857 bits per heavy atom. The maximum Gasteiger partial charge on any atom is 0.335 e. The van der Waals surface area contributed by atoms with Crippen LogP contribution in [0.1, 0.15) is 22.3 Å². The first kappa shape index (κ1) is 22.2. The van der Waals surface area contributed by atoms with Crippen molar-refractivity contribution in [3.05, 3.63) is 119 Å². The molecule has 4 amide bonds. The molecule has 1 heterocycles. The predicted molar refractivity (Wildman–Crippen MR) is 133 cm³/mol. The largest absolute Gasteiger partial charge is 0.335 e. The molecule has 5 rings (SSSR count).